The smallest absolute Gasteiger partial charge is 0.396 e. The van der Waals surface area contributed by atoms with E-state index in [1.165, 1.54) is 12.3 Å². The molecule has 3 N–H and O–H groups in total. The number of rotatable bonds is 7. The Morgan fingerprint density at radius 3 is 2.55 bits per heavy atom. The monoisotopic (exact) mass is 458 g/mol. The second kappa shape index (κ2) is 9.94. The fourth-order valence-electron chi connectivity index (χ4n) is 4.44. The molecule has 6 nitrogen and oxygen atoms in total. The van der Waals surface area contributed by atoms with E-state index in [4.69, 9.17) is 0 Å². The van der Waals surface area contributed by atoms with Gasteiger partial charge in [0.15, 0.2) is 5.82 Å². The molecule has 4 atom stereocenters. The predicted octanol–water partition coefficient (Wildman–Crippen LogP) is 3.25. The quantitative estimate of drug-likeness (QED) is 0.504. The second-order valence-corrected chi connectivity index (χ2v) is 8.28. The number of hydrogen-bond acceptors (Lipinski definition) is 6. The molecule has 2 heterocycles. The Morgan fingerprint density at radius 2 is 1.82 bits per heavy atom. The number of pyridine rings is 1. The highest BCUT2D eigenvalue weighted by Gasteiger charge is 2.42. The number of halogens is 3. The molecule has 0 unspecified atom stereocenters. The van der Waals surface area contributed by atoms with Crippen molar-refractivity contribution in [2.24, 2.45) is 11.8 Å². The average molecular weight is 458 g/mol. The lowest BCUT2D eigenvalue weighted by Crippen LogP contribution is -2.36. The molecule has 0 spiro atoms. The van der Waals surface area contributed by atoms with Crippen LogP contribution in [0.2, 0.25) is 0 Å². The summed E-state index contributed by atoms with van der Waals surface area (Å²) in [4.78, 5) is 13.0. The molecular formula is C24H25F3N4O2. The first-order valence-electron chi connectivity index (χ1n) is 10.8. The SMILES string of the molecule is OC[C@@H]1[C@@H](Cc2ccnc(-c3cccc(C(F)(F)F)c3)n2)[C@H](NCc2ccccn2)C[C@H]1O. The van der Waals surface area contributed by atoms with E-state index in [1.54, 1.807) is 18.3 Å². The number of nitrogens with zero attached hydrogens (tertiary/aromatic N) is 3. The second-order valence-electron chi connectivity index (χ2n) is 8.28. The zero-order valence-electron chi connectivity index (χ0n) is 17.8. The van der Waals surface area contributed by atoms with Gasteiger partial charge >= 0.3 is 6.18 Å². The molecule has 0 radical (unpaired) electrons. The molecule has 1 aliphatic rings. The third-order valence-corrected chi connectivity index (χ3v) is 6.14. The molecule has 4 rings (SSSR count). The maximum atomic E-state index is 13.1. The summed E-state index contributed by atoms with van der Waals surface area (Å²) in [6.45, 7) is 0.352. The van der Waals surface area contributed by atoms with Gasteiger partial charge in [-0.3, -0.25) is 4.98 Å². The van der Waals surface area contributed by atoms with Crippen molar-refractivity contribution in [1.29, 1.82) is 0 Å². The number of alkyl halides is 3. The average Bonchev–Trinajstić information content (AvgIpc) is 3.12. The fraction of sp³-hybridized carbons (Fsp3) is 0.375. The first-order valence-corrected chi connectivity index (χ1v) is 10.8. The predicted molar refractivity (Wildman–Crippen MR) is 116 cm³/mol. The minimum atomic E-state index is -4.45. The Bertz CT molecular complexity index is 1060. The van der Waals surface area contributed by atoms with Crippen molar-refractivity contribution >= 4 is 0 Å². The van der Waals surface area contributed by atoms with Crippen LogP contribution in [-0.4, -0.2) is 43.9 Å². The molecule has 0 aliphatic heterocycles. The third-order valence-electron chi connectivity index (χ3n) is 6.14. The van der Waals surface area contributed by atoms with Gasteiger partial charge < -0.3 is 15.5 Å². The van der Waals surface area contributed by atoms with Crippen LogP contribution in [0.25, 0.3) is 11.4 Å². The van der Waals surface area contributed by atoms with Crippen molar-refractivity contribution in [1.82, 2.24) is 20.3 Å². The van der Waals surface area contributed by atoms with Gasteiger partial charge in [-0.2, -0.15) is 13.2 Å². The van der Waals surface area contributed by atoms with E-state index in [-0.39, 0.29) is 35.9 Å². The molecular weight excluding hydrogens is 433 g/mol. The van der Waals surface area contributed by atoms with Gasteiger partial charge in [0.05, 0.1) is 17.4 Å². The van der Waals surface area contributed by atoms with Crippen molar-refractivity contribution in [3.63, 3.8) is 0 Å². The van der Waals surface area contributed by atoms with Crippen LogP contribution in [0.5, 0.6) is 0 Å². The molecule has 1 aliphatic carbocycles. The summed E-state index contributed by atoms with van der Waals surface area (Å²) in [6, 6.07) is 12.2. The number of nitrogens with one attached hydrogen (secondary N) is 1. The van der Waals surface area contributed by atoms with Crippen LogP contribution >= 0.6 is 0 Å². The van der Waals surface area contributed by atoms with Gasteiger partial charge in [-0.1, -0.05) is 18.2 Å². The highest BCUT2D eigenvalue weighted by atomic mass is 19.4. The van der Waals surface area contributed by atoms with Crippen LogP contribution < -0.4 is 5.32 Å². The molecule has 1 fully saturated rings. The number of aromatic nitrogens is 3. The minimum Gasteiger partial charge on any atom is -0.396 e. The standard InChI is InChI=1S/C24H25F3N4O2/c25-24(26,27)16-5-3-4-15(10-16)23-29-9-7-17(31-23)11-19-20(14-32)22(33)12-21(19)30-13-18-6-1-2-8-28-18/h1-10,19-22,30,32-33H,11-14H2/t19-,20-,21-,22-/m1/s1. The van der Waals surface area contributed by atoms with E-state index in [0.717, 1.165) is 17.8 Å². The Labute approximate surface area is 189 Å². The summed E-state index contributed by atoms with van der Waals surface area (Å²) in [5.41, 5.74) is 1.03. The highest BCUT2D eigenvalue weighted by Crippen LogP contribution is 2.35. The van der Waals surface area contributed by atoms with Gasteiger partial charge in [0, 0.05) is 48.8 Å². The highest BCUT2D eigenvalue weighted by molar-refractivity contribution is 5.56. The molecule has 1 saturated carbocycles. The summed E-state index contributed by atoms with van der Waals surface area (Å²) in [5, 5.41) is 23.8. The summed E-state index contributed by atoms with van der Waals surface area (Å²) < 4.78 is 39.3. The first kappa shape index (κ1) is 23.3. The van der Waals surface area contributed by atoms with E-state index in [1.807, 2.05) is 18.2 Å². The lowest BCUT2D eigenvalue weighted by Gasteiger charge is -2.25. The molecule has 3 aromatic rings. The normalized spacial score (nSPS) is 23.1. The topological polar surface area (TPSA) is 91.2 Å². The van der Waals surface area contributed by atoms with Gasteiger partial charge in [-0.05, 0) is 49.1 Å². The van der Waals surface area contributed by atoms with Crippen molar-refractivity contribution in [2.45, 2.75) is 37.7 Å². The van der Waals surface area contributed by atoms with E-state index in [2.05, 4.69) is 20.3 Å². The number of hydrogen-bond donors (Lipinski definition) is 3. The maximum Gasteiger partial charge on any atom is 0.416 e. The van der Waals surface area contributed by atoms with Crippen LogP contribution in [0.4, 0.5) is 13.2 Å². The number of aliphatic hydroxyl groups excluding tert-OH is 2. The van der Waals surface area contributed by atoms with E-state index in [9.17, 15) is 23.4 Å². The van der Waals surface area contributed by atoms with Gasteiger partial charge in [0.2, 0.25) is 0 Å². The largest absolute Gasteiger partial charge is 0.416 e. The molecule has 0 amide bonds. The van der Waals surface area contributed by atoms with Crippen LogP contribution in [0, 0.1) is 11.8 Å². The molecule has 0 bridgehead atoms. The Balaban J connectivity index is 1.53. The van der Waals surface area contributed by atoms with Gasteiger partial charge in [0.25, 0.3) is 0 Å². The summed E-state index contributed by atoms with van der Waals surface area (Å²) >= 11 is 0. The Kier molecular flexibility index (Phi) is 7.02. The van der Waals surface area contributed by atoms with Gasteiger partial charge in [-0.15, -0.1) is 0 Å². The van der Waals surface area contributed by atoms with E-state index < -0.39 is 17.8 Å². The summed E-state index contributed by atoms with van der Waals surface area (Å²) in [6.07, 6.45) is -0.955. The molecule has 2 aromatic heterocycles. The zero-order valence-corrected chi connectivity index (χ0v) is 17.8. The van der Waals surface area contributed by atoms with Crippen molar-refractivity contribution in [2.75, 3.05) is 6.61 Å². The lowest BCUT2D eigenvalue weighted by molar-refractivity contribution is -0.137. The van der Waals surface area contributed by atoms with Gasteiger partial charge in [-0.25, -0.2) is 9.97 Å². The summed E-state index contributed by atoms with van der Waals surface area (Å²) in [7, 11) is 0. The minimum absolute atomic E-state index is 0.0777. The van der Waals surface area contributed by atoms with Crippen LogP contribution in [-0.2, 0) is 19.1 Å². The Morgan fingerprint density at radius 1 is 0.970 bits per heavy atom. The van der Waals surface area contributed by atoms with E-state index in [0.29, 0.717) is 25.1 Å². The van der Waals surface area contributed by atoms with Crippen molar-refractivity contribution < 1.29 is 23.4 Å². The molecule has 1 aromatic carbocycles. The van der Waals surface area contributed by atoms with E-state index >= 15 is 0 Å². The van der Waals surface area contributed by atoms with Crippen LogP contribution in [0.1, 0.15) is 23.4 Å². The Hall–Kier alpha value is -2.88. The summed E-state index contributed by atoms with van der Waals surface area (Å²) in [5.74, 6) is -0.244. The zero-order chi connectivity index (χ0) is 23.4. The van der Waals surface area contributed by atoms with Crippen LogP contribution in [0.3, 0.4) is 0 Å². The lowest BCUT2D eigenvalue weighted by atomic mass is 9.88. The van der Waals surface area contributed by atoms with Crippen molar-refractivity contribution in [3.05, 3.63) is 77.9 Å². The maximum absolute atomic E-state index is 13.1. The van der Waals surface area contributed by atoms with Crippen LogP contribution in [0.15, 0.2) is 60.9 Å². The molecule has 33 heavy (non-hydrogen) atoms. The third kappa shape index (κ3) is 5.55. The molecule has 9 heteroatoms. The number of benzene rings is 1. The molecule has 174 valence electrons. The first-order chi connectivity index (χ1) is 15.8. The van der Waals surface area contributed by atoms with Gasteiger partial charge in [0.1, 0.15) is 0 Å². The van der Waals surface area contributed by atoms with Crippen molar-refractivity contribution in [3.8, 4) is 11.4 Å². The fourth-order valence-corrected chi connectivity index (χ4v) is 4.44. The number of aliphatic hydroxyl groups is 2. The molecule has 0 saturated heterocycles.